The van der Waals surface area contributed by atoms with E-state index in [1.165, 1.54) is 0 Å². The molecule has 6 nitrogen and oxygen atoms in total. The molecule has 134 valence electrons. The Kier molecular flexibility index (Phi) is 11.3. The van der Waals surface area contributed by atoms with E-state index < -0.39 is 0 Å². The van der Waals surface area contributed by atoms with Gasteiger partial charge in [-0.3, -0.25) is 4.79 Å². The van der Waals surface area contributed by atoms with Gasteiger partial charge in [-0.25, -0.2) is 4.98 Å². The number of hydrogen-bond acceptors (Lipinski definition) is 4. The van der Waals surface area contributed by atoms with Crippen LogP contribution in [0.5, 0.6) is 0 Å². The van der Waals surface area contributed by atoms with Gasteiger partial charge in [0.1, 0.15) is 5.82 Å². The molecule has 23 heavy (non-hydrogen) atoms. The summed E-state index contributed by atoms with van der Waals surface area (Å²) in [5.41, 5.74) is 0. The van der Waals surface area contributed by atoms with Crippen molar-refractivity contribution in [3.8, 4) is 0 Å². The molecule has 1 atom stereocenters. The molecule has 1 N–H and O–H groups in total. The molecule has 2 rings (SSSR count). The summed E-state index contributed by atoms with van der Waals surface area (Å²) in [6.07, 6.45) is 6.98. The van der Waals surface area contributed by atoms with Crippen molar-refractivity contribution < 1.29 is 9.53 Å². The fraction of sp³-hybridized carbons (Fsp3) is 0.733. The van der Waals surface area contributed by atoms with Crippen molar-refractivity contribution in [1.82, 2.24) is 19.8 Å². The topological polar surface area (TPSA) is 59.4 Å². The van der Waals surface area contributed by atoms with Crippen molar-refractivity contribution in [2.75, 3.05) is 39.9 Å². The molecule has 0 aliphatic carbocycles. The van der Waals surface area contributed by atoms with Crippen molar-refractivity contribution in [2.24, 2.45) is 0 Å². The van der Waals surface area contributed by atoms with E-state index in [0.717, 1.165) is 38.2 Å². The summed E-state index contributed by atoms with van der Waals surface area (Å²) in [6.45, 7) is 5.49. The van der Waals surface area contributed by atoms with Crippen LogP contribution in [-0.2, 0) is 16.0 Å². The summed E-state index contributed by atoms with van der Waals surface area (Å²) >= 11 is 0. The summed E-state index contributed by atoms with van der Waals surface area (Å²) in [5.74, 6) is 1.28. The third-order valence-corrected chi connectivity index (χ3v) is 3.97. The Balaban J connectivity index is 0.00000242. The van der Waals surface area contributed by atoms with Crippen LogP contribution in [0.15, 0.2) is 12.4 Å². The number of ether oxygens (including phenoxy) is 1. The number of nitrogens with zero attached hydrogens (tertiary/aromatic N) is 3. The number of nitrogens with one attached hydrogen (secondary N) is 1. The first-order valence-electron chi connectivity index (χ1n) is 7.75. The lowest BCUT2D eigenvalue weighted by Crippen LogP contribution is -2.45. The molecule has 0 bridgehead atoms. The van der Waals surface area contributed by atoms with E-state index in [9.17, 15) is 4.79 Å². The Morgan fingerprint density at radius 1 is 1.48 bits per heavy atom. The predicted molar refractivity (Wildman–Crippen MR) is 95.7 cm³/mol. The monoisotopic (exact) mass is 366 g/mol. The Labute approximate surface area is 150 Å². The molecule has 0 aromatic carbocycles. The highest BCUT2D eigenvalue weighted by atomic mass is 35.5. The minimum Gasteiger partial charge on any atom is -0.383 e. The molecule has 1 unspecified atom stereocenters. The van der Waals surface area contributed by atoms with E-state index in [1.54, 1.807) is 7.11 Å². The molecular weight excluding hydrogens is 339 g/mol. The molecular formula is C15H28Cl2N4O2. The van der Waals surface area contributed by atoms with E-state index in [4.69, 9.17) is 4.74 Å². The van der Waals surface area contributed by atoms with Gasteiger partial charge in [-0.1, -0.05) is 6.92 Å². The molecule has 1 aliphatic rings. The summed E-state index contributed by atoms with van der Waals surface area (Å²) in [7, 11) is 1.66. The normalized spacial score (nSPS) is 17.3. The molecule has 1 saturated heterocycles. The van der Waals surface area contributed by atoms with Crippen LogP contribution >= 0.6 is 24.8 Å². The maximum Gasteiger partial charge on any atom is 0.236 e. The van der Waals surface area contributed by atoms with Crippen molar-refractivity contribution in [1.29, 1.82) is 0 Å². The van der Waals surface area contributed by atoms with Crippen molar-refractivity contribution >= 4 is 30.7 Å². The van der Waals surface area contributed by atoms with Crippen LogP contribution in [0, 0.1) is 0 Å². The van der Waals surface area contributed by atoms with Gasteiger partial charge in [0.25, 0.3) is 0 Å². The Morgan fingerprint density at radius 2 is 2.26 bits per heavy atom. The molecule has 8 heteroatoms. The highest BCUT2D eigenvalue weighted by Gasteiger charge is 2.25. The van der Waals surface area contributed by atoms with Crippen LogP contribution in [0.1, 0.15) is 31.6 Å². The van der Waals surface area contributed by atoms with Gasteiger partial charge >= 0.3 is 0 Å². The molecule has 1 amide bonds. The standard InChI is InChI=1S/C15H26N4O2.2ClH/c1-3-14-17-6-9-19(14)13-5-4-8-18(12-13)15(20)11-16-7-10-21-2;;/h6,9,13,16H,3-5,7-8,10-12H2,1-2H3;2*1H. The first-order valence-corrected chi connectivity index (χ1v) is 7.75. The fourth-order valence-corrected chi connectivity index (χ4v) is 2.84. The molecule has 1 aromatic rings. The number of halogens is 2. The molecule has 1 aliphatic heterocycles. The molecule has 1 aromatic heterocycles. The lowest BCUT2D eigenvalue weighted by atomic mass is 10.1. The minimum absolute atomic E-state index is 0. The number of piperidine rings is 1. The van der Waals surface area contributed by atoms with Gasteiger partial charge in [0.15, 0.2) is 0 Å². The third-order valence-electron chi connectivity index (χ3n) is 3.97. The van der Waals surface area contributed by atoms with Gasteiger partial charge in [-0.15, -0.1) is 24.8 Å². The van der Waals surface area contributed by atoms with Gasteiger partial charge in [-0.05, 0) is 12.8 Å². The SMILES string of the molecule is CCc1nccn1C1CCCN(C(=O)CNCCOC)C1.Cl.Cl. The highest BCUT2D eigenvalue weighted by molar-refractivity contribution is 5.85. The predicted octanol–water partition coefficient (Wildman–Crippen LogP) is 1.69. The Hall–Kier alpha value is -0.820. The van der Waals surface area contributed by atoms with E-state index >= 15 is 0 Å². The van der Waals surface area contributed by atoms with E-state index in [2.05, 4.69) is 21.8 Å². The minimum atomic E-state index is 0. The zero-order chi connectivity index (χ0) is 15.1. The molecule has 0 spiro atoms. The van der Waals surface area contributed by atoms with Gasteiger partial charge < -0.3 is 19.5 Å². The Morgan fingerprint density at radius 3 is 2.96 bits per heavy atom. The van der Waals surface area contributed by atoms with Gasteiger partial charge in [0.2, 0.25) is 5.91 Å². The highest BCUT2D eigenvalue weighted by Crippen LogP contribution is 2.22. The average Bonchev–Trinajstić information content (AvgIpc) is 3.00. The van der Waals surface area contributed by atoms with Crippen LogP contribution < -0.4 is 5.32 Å². The van der Waals surface area contributed by atoms with Crippen LogP contribution in [0.3, 0.4) is 0 Å². The smallest absolute Gasteiger partial charge is 0.236 e. The first-order chi connectivity index (χ1) is 10.3. The van der Waals surface area contributed by atoms with Crippen molar-refractivity contribution in [2.45, 2.75) is 32.2 Å². The number of aromatic nitrogens is 2. The number of carbonyl (C=O) groups is 1. The zero-order valence-corrected chi connectivity index (χ0v) is 15.5. The molecule has 0 saturated carbocycles. The maximum absolute atomic E-state index is 12.2. The number of likely N-dealkylation sites (tertiary alicyclic amines) is 1. The molecule has 0 radical (unpaired) electrons. The van der Waals surface area contributed by atoms with E-state index in [0.29, 0.717) is 25.7 Å². The largest absolute Gasteiger partial charge is 0.383 e. The summed E-state index contributed by atoms with van der Waals surface area (Å²) < 4.78 is 7.20. The van der Waals surface area contributed by atoms with Crippen LogP contribution in [0.2, 0.25) is 0 Å². The van der Waals surface area contributed by atoms with Crippen LogP contribution in [0.25, 0.3) is 0 Å². The summed E-state index contributed by atoms with van der Waals surface area (Å²) in [4.78, 5) is 18.6. The number of methoxy groups -OCH3 is 1. The first kappa shape index (κ1) is 22.2. The maximum atomic E-state index is 12.2. The quantitative estimate of drug-likeness (QED) is 0.746. The number of imidazole rings is 1. The van der Waals surface area contributed by atoms with E-state index in [1.807, 2.05) is 17.3 Å². The lowest BCUT2D eigenvalue weighted by Gasteiger charge is -2.34. The molecule has 1 fully saturated rings. The van der Waals surface area contributed by atoms with Gasteiger partial charge in [-0.2, -0.15) is 0 Å². The zero-order valence-electron chi connectivity index (χ0n) is 13.9. The second-order valence-electron chi connectivity index (χ2n) is 5.41. The van der Waals surface area contributed by atoms with Crippen LogP contribution in [0.4, 0.5) is 0 Å². The second kappa shape index (κ2) is 11.7. The number of rotatable bonds is 7. The van der Waals surface area contributed by atoms with Gasteiger partial charge in [0.05, 0.1) is 19.2 Å². The van der Waals surface area contributed by atoms with Gasteiger partial charge in [0, 0.05) is 45.6 Å². The van der Waals surface area contributed by atoms with Crippen molar-refractivity contribution in [3.05, 3.63) is 18.2 Å². The van der Waals surface area contributed by atoms with Crippen LogP contribution in [-0.4, -0.2) is 60.3 Å². The van der Waals surface area contributed by atoms with Crippen molar-refractivity contribution in [3.63, 3.8) is 0 Å². The Bertz CT molecular complexity index is 456. The number of carbonyl (C=O) groups excluding carboxylic acids is 1. The third kappa shape index (κ3) is 6.30. The fourth-order valence-electron chi connectivity index (χ4n) is 2.84. The number of aryl methyl sites for hydroxylation is 1. The summed E-state index contributed by atoms with van der Waals surface area (Å²) in [6, 6.07) is 0.360. The molecule has 2 heterocycles. The summed E-state index contributed by atoms with van der Waals surface area (Å²) in [5, 5.41) is 3.12. The second-order valence-corrected chi connectivity index (χ2v) is 5.41. The lowest BCUT2D eigenvalue weighted by molar-refractivity contribution is -0.131. The number of hydrogen-bond donors (Lipinski definition) is 1. The van der Waals surface area contributed by atoms with E-state index in [-0.39, 0.29) is 30.7 Å². The number of amides is 1. The average molecular weight is 367 g/mol.